The summed E-state index contributed by atoms with van der Waals surface area (Å²) in [5.41, 5.74) is 0.851. The summed E-state index contributed by atoms with van der Waals surface area (Å²) in [7, 11) is 0. The molecule has 1 atom stereocenters. The predicted molar refractivity (Wildman–Crippen MR) is 106 cm³/mol. The van der Waals surface area contributed by atoms with Gasteiger partial charge in [-0.15, -0.1) is 10.2 Å². The Morgan fingerprint density at radius 1 is 1.15 bits per heavy atom. The summed E-state index contributed by atoms with van der Waals surface area (Å²) in [5.74, 6) is 1.24. The Morgan fingerprint density at radius 2 is 2.00 bits per heavy atom. The molecule has 2 fully saturated rings. The van der Waals surface area contributed by atoms with Gasteiger partial charge in [0.2, 0.25) is 11.9 Å². The van der Waals surface area contributed by atoms with Gasteiger partial charge in [0.25, 0.3) is 0 Å². The fourth-order valence-electron chi connectivity index (χ4n) is 4.24. The van der Waals surface area contributed by atoms with Gasteiger partial charge >= 0.3 is 0 Å². The number of carbonyl (C=O) groups excluding carboxylic acids is 1. The number of pyridine rings is 1. The van der Waals surface area contributed by atoms with E-state index in [0.29, 0.717) is 5.91 Å². The van der Waals surface area contributed by atoms with Crippen LogP contribution in [0.3, 0.4) is 0 Å². The van der Waals surface area contributed by atoms with E-state index in [9.17, 15) is 4.79 Å². The van der Waals surface area contributed by atoms with Crippen LogP contribution in [0.1, 0.15) is 32.6 Å². The van der Waals surface area contributed by atoms with Crippen LogP contribution in [-0.2, 0) is 4.79 Å². The molecule has 1 amide bonds. The average molecular weight is 371 g/mol. The van der Waals surface area contributed by atoms with Gasteiger partial charge in [-0.2, -0.15) is 0 Å². The van der Waals surface area contributed by atoms with E-state index in [1.54, 1.807) is 0 Å². The van der Waals surface area contributed by atoms with Crippen molar-refractivity contribution >= 4 is 17.5 Å². The third kappa shape index (κ3) is 3.93. The van der Waals surface area contributed by atoms with Gasteiger partial charge in [0.1, 0.15) is 0 Å². The number of fused-ring (bicyclic) bond motifs is 1. The molecule has 0 radical (unpaired) electrons. The van der Waals surface area contributed by atoms with Crippen LogP contribution in [0.25, 0.3) is 5.65 Å². The Kier molecular flexibility index (Phi) is 5.57. The lowest BCUT2D eigenvalue weighted by Crippen LogP contribution is -2.52. The molecule has 7 nitrogen and oxygen atoms in total. The van der Waals surface area contributed by atoms with Crippen LogP contribution in [0, 0.1) is 5.92 Å². The number of hydrogen-bond acceptors (Lipinski definition) is 5. The quantitative estimate of drug-likeness (QED) is 0.804. The minimum Gasteiger partial charge on any atom is -0.340 e. The van der Waals surface area contributed by atoms with E-state index >= 15 is 0 Å². The van der Waals surface area contributed by atoms with Crippen molar-refractivity contribution in [2.75, 3.05) is 50.7 Å². The van der Waals surface area contributed by atoms with Gasteiger partial charge in [0, 0.05) is 45.5 Å². The smallest absolute Gasteiger partial charge is 0.231 e. The van der Waals surface area contributed by atoms with Crippen molar-refractivity contribution in [2.45, 2.75) is 32.6 Å². The van der Waals surface area contributed by atoms with E-state index in [1.807, 2.05) is 28.8 Å². The summed E-state index contributed by atoms with van der Waals surface area (Å²) >= 11 is 0. The maximum atomic E-state index is 13.1. The van der Waals surface area contributed by atoms with Crippen LogP contribution in [0.4, 0.5) is 5.95 Å². The standard InChI is InChI=1S/C20H30N6O/c1-2-3-9-23-12-14-24(15-13-23)19(27)17-7-6-10-25(16-17)20-22-21-18-8-4-5-11-26(18)20/h4-5,8,11,17H,2-3,6-7,9-10,12-16H2,1H3/t17-/m1/s1. The van der Waals surface area contributed by atoms with Crippen molar-refractivity contribution in [2.24, 2.45) is 5.92 Å². The molecule has 4 rings (SSSR count). The molecular weight excluding hydrogens is 340 g/mol. The lowest BCUT2D eigenvalue weighted by molar-refractivity contribution is -0.137. The molecule has 0 N–H and O–H groups in total. The zero-order chi connectivity index (χ0) is 18.6. The molecule has 2 saturated heterocycles. The van der Waals surface area contributed by atoms with Crippen LogP contribution in [0.2, 0.25) is 0 Å². The molecule has 0 aliphatic carbocycles. The van der Waals surface area contributed by atoms with Crippen LogP contribution in [0.5, 0.6) is 0 Å². The van der Waals surface area contributed by atoms with Crippen molar-refractivity contribution in [3.63, 3.8) is 0 Å². The molecule has 2 aromatic rings. The molecule has 7 heteroatoms. The second-order valence-electron chi connectivity index (χ2n) is 7.73. The van der Waals surface area contributed by atoms with E-state index in [1.165, 1.54) is 12.8 Å². The number of amides is 1. The summed E-state index contributed by atoms with van der Waals surface area (Å²) in [6, 6.07) is 5.92. The highest BCUT2D eigenvalue weighted by Crippen LogP contribution is 2.24. The van der Waals surface area contributed by atoms with Gasteiger partial charge < -0.3 is 9.80 Å². The van der Waals surface area contributed by atoms with Crippen LogP contribution in [0.15, 0.2) is 24.4 Å². The molecule has 27 heavy (non-hydrogen) atoms. The van der Waals surface area contributed by atoms with Gasteiger partial charge in [0.05, 0.1) is 5.92 Å². The van der Waals surface area contributed by atoms with Crippen LogP contribution < -0.4 is 4.90 Å². The highest BCUT2D eigenvalue weighted by molar-refractivity contribution is 5.80. The Morgan fingerprint density at radius 3 is 2.81 bits per heavy atom. The highest BCUT2D eigenvalue weighted by Gasteiger charge is 2.32. The predicted octanol–water partition coefficient (Wildman–Crippen LogP) is 1.89. The Balaban J connectivity index is 1.38. The van der Waals surface area contributed by atoms with E-state index in [0.717, 1.165) is 70.3 Å². The number of unbranched alkanes of at least 4 members (excludes halogenated alkanes) is 1. The largest absolute Gasteiger partial charge is 0.340 e. The molecule has 2 aliphatic rings. The number of nitrogens with zero attached hydrogens (tertiary/aromatic N) is 6. The molecule has 146 valence electrons. The SMILES string of the molecule is CCCCN1CCN(C(=O)[C@@H]2CCCN(c3nnc4ccccn34)C2)CC1. The minimum atomic E-state index is 0.0667. The van der Waals surface area contributed by atoms with Gasteiger partial charge in [-0.05, 0) is 37.9 Å². The molecule has 2 aromatic heterocycles. The van der Waals surface area contributed by atoms with Crippen molar-refractivity contribution in [1.29, 1.82) is 0 Å². The zero-order valence-electron chi connectivity index (χ0n) is 16.3. The normalized spacial score (nSPS) is 21.7. The lowest BCUT2D eigenvalue weighted by atomic mass is 9.96. The van der Waals surface area contributed by atoms with Crippen molar-refractivity contribution in [3.8, 4) is 0 Å². The topological polar surface area (TPSA) is 57.0 Å². The number of piperazine rings is 1. The first-order chi connectivity index (χ1) is 13.3. The van der Waals surface area contributed by atoms with E-state index < -0.39 is 0 Å². The Hall–Kier alpha value is -2.15. The first-order valence-electron chi connectivity index (χ1n) is 10.3. The monoisotopic (exact) mass is 370 g/mol. The molecule has 4 heterocycles. The van der Waals surface area contributed by atoms with Gasteiger partial charge in [-0.1, -0.05) is 19.4 Å². The third-order valence-electron chi connectivity index (χ3n) is 5.86. The average Bonchev–Trinajstić information content (AvgIpc) is 3.16. The lowest BCUT2D eigenvalue weighted by Gasteiger charge is -2.39. The van der Waals surface area contributed by atoms with Gasteiger partial charge in [-0.3, -0.25) is 14.1 Å². The number of anilines is 1. The molecule has 0 spiro atoms. The van der Waals surface area contributed by atoms with Gasteiger partial charge in [-0.25, -0.2) is 0 Å². The third-order valence-corrected chi connectivity index (χ3v) is 5.86. The summed E-state index contributed by atoms with van der Waals surface area (Å²) in [4.78, 5) is 19.9. The maximum Gasteiger partial charge on any atom is 0.231 e. The molecule has 0 bridgehead atoms. The summed E-state index contributed by atoms with van der Waals surface area (Å²) in [5, 5.41) is 8.63. The van der Waals surface area contributed by atoms with E-state index in [2.05, 4.69) is 31.8 Å². The molecule has 2 aliphatic heterocycles. The second kappa shape index (κ2) is 8.25. The number of aromatic nitrogens is 3. The summed E-state index contributed by atoms with van der Waals surface area (Å²) in [6.07, 6.45) is 6.47. The second-order valence-corrected chi connectivity index (χ2v) is 7.73. The summed E-state index contributed by atoms with van der Waals surface area (Å²) < 4.78 is 2.01. The van der Waals surface area contributed by atoms with E-state index in [4.69, 9.17) is 0 Å². The molecule has 0 aromatic carbocycles. The fraction of sp³-hybridized carbons (Fsp3) is 0.650. The first-order valence-corrected chi connectivity index (χ1v) is 10.3. The number of rotatable bonds is 5. The Labute approximate surface area is 160 Å². The van der Waals surface area contributed by atoms with Crippen molar-refractivity contribution < 1.29 is 4.79 Å². The molecule has 0 saturated carbocycles. The zero-order valence-corrected chi connectivity index (χ0v) is 16.3. The molecule has 0 unspecified atom stereocenters. The van der Waals surface area contributed by atoms with Crippen LogP contribution >= 0.6 is 0 Å². The first kappa shape index (κ1) is 18.2. The Bertz CT molecular complexity index is 767. The highest BCUT2D eigenvalue weighted by atomic mass is 16.2. The number of hydrogen-bond donors (Lipinski definition) is 0. The fourth-order valence-corrected chi connectivity index (χ4v) is 4.24. The maximum absolute atomic E-state index is 13.1. The van der Waals surface area contributed by atoms with Gasteiger partial charge in [0.15, 0.2) is 5.65 Å². The van der Waals surface area contributed by atoms with Crippen LogP contribution in [-0.4, -0.2) is 76.1 Å². The number of carbonyl (C=O) groups is 1. The van der Waals surface area contributed by atoms with Crippen molar-refractivity contribution in [1.82, 2.24) is 24.4 Å². The minimum absolute atomic E-state index is 0.0667. The van der Waals surface area contributed by atoms with E-state index in [-0.39, 0.29) is 5.92 Å². The summed E-state index contributed by atoms with van der Waals surface area (Å²) in [6.45, 7) is 8.82. The number of piperidine rings is 1. The molecular formula is C20H30N6O. The van der Waals surface area contributed by atoms with Crippen molar-refractivity contribution in [3.05, 3.63) is 24.4 Å².